The van der Waals surface area contributed by atoms with Crippen LogP contribution in [0.25, 0.3) is 22.3 Å². The third-order valence-electron chi connectivity index (χ3n) is 14.6. The Balaban J connectivity index is 0.966. The number of halogens is 1. The molecule has 0 saturated carbocycles. The van der Waals surface area contributed by atoms with E-state index in [0.29, 0.717) is 33.8 Å². The fraction of sp³-hybridized carbons (Fsp3) is 0.339. The van der Waals surface area contributed by atoms with Crippen LogP contribution in [-0.4, -0.2) is 133 Å². The maximum absolute atomic E-state index is 16.9. The van der Waals surface area contributed by atoms with Crippen molar-refractivity contribution >= 4 is 62.0 Å². The first-order valence-corrected chi connectivity index (χ1v) is 29.3. The van der Waals surface area contributed by atoms with Crippen LogP contribution in [0.5, 0.6) is 11.5 Å². The number of nitrogens with one attached hydrogen (secondary N) is 3. The molecule has 2 unspecified atom stereocenters. The van der Waals surface area contributed by atoms with Gasteiger partial charge in [-0.3, -0.25) is 47.4 Å². The van der Waals surface area contributed by atoms with Crippen LogP contribution < -0.4 is 25.7 Å². The summed E-state index contributed by atoms with van der Waals surface area (Å²) in [6.45, 7) is 1.05. The number of nitriles is 1. The number of amides is 2. The van der Waals surface area contributed by atoms with Crippen LogP contribution in [0.3, 0.4) is 0 Å². The van der Waals surface area contributed by atoms with Crippen LogP contribution >= 0.6 is 16.1 Å². The number of benzene rings is 4. The number of nitrogens with zero attached hydrogens (tertiary/aromatic N) is 8. The number of phosphoric ester groups is 1. The normalized spacial score (nSPS) is 22.6. The van der Waals surface area contributed by atoms with Crippen LogP contribution in [-0.2, 0) is 56.6 Å². The Labute approximate surface area is 489 Å². The molecule has 2 bridgehead atoms. The first kappa shape index (κ1) is 59.4. The molecule has 7 heterocycles. The molecule has 3 aliphatic rings. The average Bonchev–Trinajstić information content (AvgIpc) is 1.56. The number of aromatic amines is 1. The lowest BCUT2D eigenvalue weighted by Gasteiger charge is -2.40. The number of fused-ring (bicyclic) bond motifs is 4. The van der Waals surface area contributed by atoms with E-state index in [1.807, 2.05) is 60.7 Å². The van der Waals surface area contributed by atoms with Gasteiger partial charge in [0.1, 0.15) is 47.3 Å². The number of carbonyl (C=O) groups excluding carboxylic acids is 2. The first-order valence-electron chi connectivity index (χ1n) is 26.7. The highest BCUT2D eigenvalue weighted by molar-refractivity contribution is 7.48. The van der Waals surface area contributed by atoms with E-state index in [-0.39, 0.29) is 47.1 Å². The standard InChI is InChI=1S/C56H54FN11O16P2/c1-32(2)49(69)65-54-64-48-42(51(71)66-54)62-31-68(48)52-43(83-85(72)73)40(57)39(81-52)26-80-86(74,79-25-11-24-58)84-45-44-53(67-30-61-41-46(59-29-60-47(41)67)63-50(70)33-12-7-5-8-13-33)82-55(45,27-77-44)28-78-56(34-14-9-6-10-15-34,35-16-20-37(75-3)21-17-35)36-18-22-38(76-4)23-19-36/h5-10,12-23,29-32,39-40,43-45,52-53H,11,25-28H2,1-4H3,(H3-,59,60,63,64,65,66,69,70,71,72,73)/p+1/t39-,40-,43-,44-,45+,52-,53-,55-,86?/m1/s1. The number of anilines is 2. The maximum atomic E-state index is 16.9. The predicted octanol–water partition coefficient (Wildman–Crippen LogP) is 7.21. The minimum absolute atomic E-state index is 0.0695. The van der Waals surface area contributed by atoms with Gasteiger partial charge in [-0.25, -0.2) is 28.9 Å². The number of alkyl halides is 1. The molecular formula is C56H55FN11O16P2+. The maximum Gasteiger partial charge on any atom is 0.695 e. The summed E-state index contributed by atoms with van der Waals surface area (Å²) < 4.78 is 109. The van der Waals surface area contributed by atoms with E-state index in [9.17, 15) is 29.1 Å². The fourth-order valence-corrected chi connectivity index (χ4v) is 12.2. The quantitative estimate of drug-likeness (QED) is 0.0264. The Hall–Kier alpha value is -8.29. The molecule has 3 saturated heterocycles. The number of ether oxygens (including phenoxy) is 6. The van der Waals surface area contributed by atoms with E-state index in [1.54, 1.807) is 82.7 Å². The van der Waals surface area contributed by atoms with Crippen molar-refractivity contribution in [1.29, 1.82) is 5.26 Å². The summed E-state index contributed by atoms with van der Waals surface area (Å²) in [7, 11) is -5.54. The highest BCUT2D eigenvalue weighted by Crippen LogP contribution is 2.59. The van der Waals surface area contributed by atoms with Gasteiger partial charge in [0.25, 0.3) is 11.5 Å². The van der Waals surface area contributed by atoms with Crippen molar-refractivity contribution in [3.8, 4) is 17.6 Å². The second kappa shape index (κ2) is 25.0. The van der Waals surface area contributed by atoms with Crippen molar-refractivity contribution in [2.24, 2.45) is 5.92 Å². The Kier molecular flexibility index (Phi) is 17.3. The van der Waals surface area contributed by atoms with E-state index in [4.69, 9.17) is 46.5 Å². The zero-order valence-electron chi connectivity index (χ0n) is 46.2. The fourth-order valence-electron chi connectivity index (χ4n) is 10.4. The topological polar surface area (TPSA) is 336 Å². The van der Waals surface area contributed by atoms with Gasteiger partial charge in [0, 0.05) is 16.0 Å². The van der Waals surface area contributed by atoms with Crippen molar-refractivity contribution < 1.29 is 74.5 Å². The molecule has 4 aromatic carbocycles. The van der Waals surface area contributed by atoms with Gasteiger partial charge in [-0.2, -0.15) is 10.2 Å². The van der Waals surface area contributed by atoms with Crippen molar-refractivity contribution in [2.45, 2.75) is 74.5 Å². The van der Waals surface area contributed by atoms with Gasteiger partial charge in [0.05, 0.1) is 65.8 Å². The van der Waals surface area contributed by atoms with Crippen molar-refractivity contribution in [3.05, 3.63) is 161 Å². The molecule has 10 atom stereocenters. The third-order valence-corrected chi connectivity index (χ3v) is 16.5. The van der Waals surface area contributed by atoms with Gasteiger partial charge in [0.2, 0.25) is 11.9 Å². The molecular weight excluding hydrogens is 1160 g/mol. The number of rotatable bonds is 24. The Bertz CT molecular complexity index is 3890. The van der Waals surface area contributed by atoms with E-state index in [1.165, 1.54) is 17.2 Å². The number of imidazole rings is 2. The number of carbonyl (C=O) groups is 2. The SMILES string of the molecule is COc1ccc(C(OC[C@@]23CO[C@@H]([C@H](n4cnc5c(NC(=O)c6ccccc6)ncnc54)O2)[C@@H]3OP(=O)(OCCC#N)OC[C@H]2O[C@@H](n3cnc4c(=O)[nH]c(NC(=O)C(C)C)nc43)[C@H](O[P+](=O)O)[C@@H]2F)(c2ccccc2)c2ccc(OC)cc2)cc1. The molecule has 27 nitrogen and oxygen atoms in total. The minimum Gasteiger partial charge on any atom is -0.497 e. The highest BCUT2D eigenvalue weighted by atomic mass is 31.2. The van der Waals surface area contributed by atoms with Gasteiger partial charge in [-0.05, 0) is 53.1 Å². The highest BCUT2D eigenvalue weighted by Gasteiger charge is 2.66. The summed E-state index contributed by atoms with van der Waals surface area (Å²) in [5.74, 6) is -0.571. The molecule has 8 aromatic rings. The van der Waals surface area contributed by atoms with Crippen LogP contribution in [0.2, 0.25) is 0 Å². The molecule has 30 heteroatoms. The number of phosphoric acid groups is 1. The minimum atomic E-state index is -5.12. The molecule has 2 amide bonds. The van der Waals surface area contributed by atoms with Crippen LogP contribution in [0.4, 0.5) is 16.2 Å². The second-order valence-corrected chi connectivity index (χ2v) is 22.5. The Morgan fingerprint density at radius 3 is 2.16 bits per heavy atom. The summed E-state index contributed by atoms with van der Waals surface area (Å²) in [6, 6.07) is 34.3. The van der Waals surface area contributed by atoms with Gasteiger partial charge in [-0.1, -0.05) is 86.6 Å². The molecule has 0 radical (unpaired) electrons. The first-order chi connectivity index (χ1) is 41.6. The lowest BCUT2D eigenvalue weighted by atomic mass is 9.79. The largest absolute Gasteiger partial charge is 0.695 e. The predicted molar refractivity (Wildman–Crippen MR) is 300 cm³/mol. The molecule has 4 N–H and O–H groups in total. The molecule has 86 heavy (non-hydrogen) atoms. The molecule has 4 aromatic heterocycles. The van der Waals surface area contributed by atoms with Crippen molar-refractivity contribution in [3.63, 3.8) is 0 Å². The zero-order valence-corrected chi connectivity index (χ0v) is 48.0. The van der Waals surface area contributed by atoms with E-state index >= 15 is 8.96 Å². The number of hydrogen-bond acceptors (Lipinski definition) is 21. The average molecular weight is 1220 g/mol. The number of aromatic nitrogens is 8. The number of hydrogen-bond donors (Lipinski definition) is 4. The molecule has 3 aliphatic heterocycles. The van der Waals surface area contributed by atoms with Crippen LogP contribution in [0, 0.1) is 17.2 Å². The molecule has 0 spiro atoms. The Morgan fingerprint density at radius 2 is 1.52 bits per heavy atom. The monoisotopic (exact) mass is 1220 g/mol. The smallest absolute Gasteiger partial charge is 0.497 e. The second-order valence-electron chi connectivity index (χ2n) is 20.2. The number of H-pyrrole nitrogens is 1. The summed E-state index contributed by atoms with van der Waals surface area (Å²) in [5, 5.41) is 14.9. The van der Waals surface area contributed by atoms with Crippen molar-refractivity contribution in [2.75, 3.05) is 51.3 Å². The van der Waals surface area contributed by atoms with Crippen LogP contribution in [0.15, 0.2) is 133 Å². The summed E-state index contributed by atoms with van der Waals surface area (Å²) >= 11 is 0. The van der Waals surface area contributed by atoms with Gasteiger partial charge >= 0.3 is 16.1 Å². The van der Waals surface area contributed by atoms with Gasteiger partial charge < -0.3 is 33.7 Å². The van der Waals surface area contributed by atoms with Gasteiger partial charge in [-0.15, -0.1) is 9.42 Å². The molecule has 3 fully saturated rings. The summed E-state index contributed by atoms with van der Waals surface area (Å²) in [6.07, 6.45) is -8.33. The van der Waals surface area contributed by atoms with Gasteiger partial charge in [0.15, 0.2) is 52.9 Å². The lowest BCUT2D eigenvalue weighted by Crippen LogP contribution is -2.49. The molecule has 446 valence electrons. The molecule has 11 rings (SSSR count). The molecule has 0 aliphatic carbocycles. The lowest BCUT2D eigenvalue weighted by molar-refractivity contribution is -0.202. The van der Waals surface area contributed by atoms with E-state index < -0.39 is 113 Å². The van der Waals surface area contributed by atoms with E-state index in [0.717, 1.165) is 10.9 Å². The van der Waals surface area contributed by atoms with Crippen LogP contribution in [0.1, 0.15) is 59.8 Å². The number of methoxy groups -OCH3 is 2. The van der Waals surface area contributed by atoms with Crippen molar-refractivity contribution in [1.82, 2.24) is 39.0 Å². The van der Waals surface area contributed by atoms with E-state index in [2.05, 4.69) is 40.5 Å². The summed E-state index contributed by atoms with van der Waals surface area (Å²) in [5.41, 5.74) is -1.92. The zero-order chi connectivity index (χ0) is 60.3. The third kappa shape index (κ3) is 11.6. The Morgan fingerprint density at radius 1 is 0.884 bits per heavy atom. The summed E-state index contributed by atoms with van der Waals surface area (Å²) in [4.78, 5) is 73.4.